The molecule has 0 aliphatic rings. The minimum Gasteiger partial charge on any atom is -0.232 e. The number of aryl methyl sites for hydroxylation is 4. The van der Waals surface area contributed by atoms with Crippen molar-refractivity contribution in [3.8, 4) is 33.5 Å². The van der Waals surface area contributed by atoms with Crippen molar-refractivity contribution >= 4 is 0 Å². The zero-order valence-corrected chi connectivity index (χ0v) is 16.9. The molecule has 2 nitrogen and oxygen atoms in total. The van der Waals surface area contributed by atoms with Gasteiger partial charge in [-0.05, 0) is 54.2 Å². The molecule has 0 N–H and O–H groups in total. The quantitative estimate of drug-likeness (QED) is 0.417. The van der Waals surface area contributed by atoms with Gasteiger partial charge in [-0.1, -0.05) is 71.7 Å². The number of nitrogens with zero attached hydrogens (tertiary/aromatic N) is 2. The van der Waals surface area contributed by atoms with Gasteiger partial charge in [0.15, 0.2) is 6.20 Å². The molecular weight excluding hydrogens is 340 g/mol. The molecule has 0 unspecified atom stereocenters. The van der Waals surface area contributed by atoms with Crippen LogP contribution in [0.3, 0.4) is 0 Å². The Bertz CT molecular complexity index is 1120. The Hall–Kier alpha value is -3.26. The lowest BCUT2D eigenvalue weighted by Gasteiger charge is -2.16. The Balaban J connectivity index is 1.94. The predicted molar refractivity (Wildman–Crippen MR) is 116 cm³/mol. The van der Waals surface area contributed by atoms with E-state index in [1.807, 2.05) is 12.5 Å². The number of aromatic nitrogens is 2. The number of hydrogen-bond donors (Lipinski definition) is 0. The second kappa shape index (κ2) is 7.40. The van der Waals surface area contributed by atoms with Gasteiger partial charge in [-0.2, -0.15) is 0 Å². The van der Waals surface area contributed by atoms with Gasteiger partial charge in [0, 0.05) is 5.56 Å². The molecule has 4 aromatic rings. The molecule has 0 radical (unpaired) electrons. The van der Waals surface area contributed by atoms with Crippen LogP contribution in [-0.2, 0) is 7.05 Å². The van der Waals surface area contributed by atoms with Crippen LogP contribution in [0.1, 0.15) is 16.7 Å². The van der Waals surface area contributed by atoms with Crippen molar-refractivity contribution < 1.29 is 4.57 Å². The summed E-state index contributed by atoms with van der Waals surface area (Å²) in [6.07, 6.45) is 3.88. The average molecular weight is 366 g/mol. The van der Waals surface area contributed by atoms with Gasteiger partial charge in [0.1, 0.15) is 5.69 Å². The molecule has 0 aliphatic carbocycles. The maximum absolute atomic E-state index is 4.50. The molecule has 4 rings (SSSR count). The van der Waals surface area contributed by atoms with Crippen LogP contribution in [0.4, 0.5) is 0 Å². The van der Waals surface area contributed by atoms with E-state index in [0.717, 1.165) is 0 Å². The summed E-state index contributed by atoms with van der Waals surface area (Å²) in [6.45, 7) is 6.56. The van der Waals surface area contributed by atoms with Crippen molar-refractivity contribution in [3.63, 3.8) is 0 Å². The zero-order valence-electron chi connectivity index (χ0n) is 16.9. The van der Waals surface area contributed by atoms with Crippen LogP contribution in [0.25, 0.3) is 33.5 Å². The molecule has 0 fully saturated rings. The van der Waals surface area contributed by atoms with Gasteiger partial charge in [-0.3, -0.25) is 0 Å². The number of rotatable bonds is 3. The van der Waals surface area contributed by atoms with E-state index in [-0.39, 0.29) is 0 Å². The maximum atomic E-state index is 4.50. The van der Waals surface area contributed by atoms with Gasteiger partial charge in [-0.15, -0.1) is 0 Å². The van der Waals surface area contributed by atoms with E-state index in [9.17, 15) is 0 Å². The smallest absolute Gasteiger partial charge is 0.232 e. The first kappa shape index (κ1) is 18.1. The van der Waals surface area contributed by atoms with Crippen LogP contribution in [0.5, 0.6) is 0 Å². The SMILES string of the molecule is Cc1ccccc1-c1c(-c2c(C)cc(-c3ccccc3)cc2C)cnc[n+]1C. The van der Waals surface area contributed by atoms with Crippen LogP contribution in [0, 0.1) is 20.8 Å². The van der Waals surface area contributed by atoms with Crippen molar-refractivity contribution in [2.75, 3.05) is 0 Å². The topological polar surface area (TPSA) is 16.8 Å². The monoisotopic (exact) mass is 365 g/mol. The summed E-state index contributed by atoms with van der Waals surface area (Å²) in [5.41, 5.74) is 11.2. The summed E-state index contributed by atoms with van der Waals surface area (Å²) in [5.74, 6) is 0. The third kappa shape index (κ3) is 3.22. The minimum atomic E-state index is 1.17. The fourth-order valence-electron chi connectivity index (χ4n) is 4.06. The molecule has 2 heteroatoms. The molecule has 0 bridgehead atoms. The molecule has 0 spiro atoms. The molecule has 0 saturated carbocycles. The molecule has 0 atom stereocenters. The largest absolute Gasteiger partial charge is 0.286 e. The van der Waals surface area contributed by atoms with E-state index in [0.29, 0.717) is 0 Å². The lowest BCUT2D eigenvalue weighted by Crippen LogP contribution is -2.32. The summed E-state index contributed by atoms with van der Waals surface area (Å²) in [7, 11) is 2.07. The van der Waals surface area contributed by atoms with Gasteiger partial charge in [0.2, 0.25) is 0 Å². The molecule has 1 aromatic heterocycles. The van der Waals surface area contributed by atoms with Crippen LogP contribution in [-0.4, -0.2) is 4.98 Å². The molecule has 28 heavy (non-hydrogen) atoms. The fraction of sp³-hybridized carbons (Fsp3) is 0.154. The highest BCUT2D eigenvalue weighted by Crippen LogP contribution is 2.36. The normalized spacial score (nSPS) is 10.9. The second-order valence-electron chi connectivity index (χ2n) is 7.43. The Morgan fingerprint density at radius 3 is 2.00 bits per heavy atom. The first-order chi connectivity index (χ1) is 13.6. The summed E-state index contributed by atoms with van der Waals surface area (Å²) < 4.78 is 2.13. The summed E-state index contributed by atoms with van der Waals surface area (Å²) >= 11 is 0. The Morgan fingerprint density at radius 2 is 1.32 bits per heavy atom. The van der Waals surface area contributed by atoms with Gasteiger partial charge >= 0.3 is 0 Å². The van der Waals surface area contributed by atoms with E-state index in [4.69, 9.17) is 0 Å². The third-order valence-electron chi connectivity index (χ3n) is 5.36. The van der Waals surface area contributed by atoms with Crippen molar-refractivity contribution in [3.05, 3.63) is 95.9 Å². The van der Waals surface area contributed by atoms with Crippen LogP contribution in [0.15, 0.2) is 79.3 Å². The minimum absolute atomic E-state index is 1.17. The van der Waals surface area contributed by atoms with Gasteiger partial charge in [-0.25, -0.2) is 4.57 Å². The highest BCUT2D eigenvalue weighted by Gasteiger charge is 2.21. The standard InChI is InChI=1S/C26H25N2/c1-18-10-8-9-13-23(18)26-24(16-27-17-28(26)4)25-19(2)14-22(15-20(25)3)21-11-6-5-7-12-21/h5-17H,1-4H3/q+1. The summed E-state index contributed by atoms with van der Waals surface area (Å²) in [6, 6.07) is 23.7. The summed E-state index contributed by atoms with van der Waals surface area (Å²) in [5, 5.41) is 0. The molecule has 3 aromatic carbocycles. The van der Waals surface area contributed by atoms with Crippen LogP contribution >= 0.6 is 0 Å². The fourth-order valence-corrected chi connectivity index (χ4v) is 4.06. The van der Waals surface area contributed by atoms with E-state index in [1.165, 1.54) is 50.2 Å². The molecule has 138 valence electrons. The number of hydrogen-bond acceptors (Lipinski definition) is 1. The molecule has 0 saturated heterocycles. The van der Waals surface area contributed by atoms with Gasteiger partial charge in [0.25, 0.3) is 6.33 Å². The van der Waals surface area contributed by atoms with E-state index < -0.39 is 0 Å². The van der Waals surface area contributed by atoms with Gasteiger partial charge in [0.05, 0.1) is 12.6 Å². The first-order valence-electron chi connectivity index (χ1n) is 9.63. The Labute approximate surface area is 167 Å². The highest BCUT2D eigenvalue weighted by molar-refractivity contribution is 5.84. The Kier molecular flexibility index (Phi) is 4.79. The van der Waals surface area contributed by atoms with Crippen LogP contribution < -0.4 is 4.57 Å². The highest BCUT2D eigenvalue weighted by atomic mass is 15.0. The lowest BCUT2D eigenvalue weighted by molar-refractivity contribution is -0.663. The van der Waals surface area contributed by atoms with Crippen molar-refractivity contribution in [1.29, 1.82) is 0 Å². The first-order valence-corrected chi connectivity index (χ1v) is 9.63. The molecule has 0 amide bonds. The van der Waals surface area contributed by atoms with E-state index in [2.05, 4.69) is 104 Å². The van der Waals surface area contributed by atoms with Crippen molar-refractivity contribution in [2.45, 2.75) is 20.8 Å². The summed E-state index contributed by atoms with van der Waals surface area (Å²) in [4.78, 5) is 4.50. The average Bonchev–Trinajstić information content (AvgIpc) is 2.69. The van der Waals surface area contributed by atoms with Crippen LogP contribution in [0.2, 0.25) is 0 Å². The third-order valence-corrected chi connectivity index (χ3v) is 5.36. The lowest BCUT2D eigenvalue weighted by atomic mass is 9.89. The van der Waals surface area contributed by atoms with Crippen molar-refractivity contribution in [1.82, 2.24) is 4.98 Å². The molecular formula is C26H25N2+. The molecule has 1 heterocycles. The predicted octanol–water partition coefficient (Wildman–Crippen LogP) is 5.83. The molecule has 0 aliphatic heterocycles. The van der Waals surface area contributed by atoms with E-state index >= 15 is 0 Å². The van der Waals surface area contributed by atoms with Gasteiger partial charge < -0.3 is 0 Å². The van der Waals surface area contributed by atoms with Crippen molar-refractivity contribution in [2.24, 2.45) is 7.05 Å². The Morgan fingerprint density at radius 1 is 0.679 bits per heavy atom. The zero-order chi connectivity index (χ0) is 19.7. The van der Waals surface area contributed by atoms with E-state index in [1.54, 1.807) is 0 Å². The second-order valence-corrected chi connectivity index (χ2v) is 7.43. The maximum Gasteiger partial charge on any atom is 0.286 e. The number of benzene rings is 3.